The molecule has 2 rings (SSSR count). The Kier molecular flexibility index (Phi) is 3.28. The van der Waals surface area contributed by atoms with Crippen LogP contribution in [0.25, 0.3) is 0 Å². The summed E-state index contributed by atoms with van der Waals surface area (Å²) in [6, 6.07) is 3.10. The molecule has 19 heavy (non-hydrogen) atoms. The van der Waals surface area contributed by atoms with Crippen LogP contribution < -0.4 is 16.5 Å². The summed E-state index contributed by atoms with van der Waals surface area (Å²) < 4.78 is 26.5. The summed E-state index contributed by atoms with van der Waals surface area (Å²) in [7, 11) is 0. The van der Waals surface area contributed by atoms with E-state index in [-0.39, 0.29) is 11.3 Å². The second-order valence-electron chi connectivity index (χ2n) is 3.70. The van der Waals surface area contributed by atoms with Crippen molar-refractivity contribution in [2.24, 2.45) is 0 Å². The van der Waals surface area contributed by atoms with Gasteiger partial charge < -0.3 is 16.0 Å². The number of benzene rings is 1. The SMILES string of the molecule is Nc1ccc(F)c(F)c1NC(=O)c1c[nH]ccc1=O. The normalized spacial score (nSPS) is 10.2. The van der Waals surface area contributed by atoms with Crippen molar-refractivity contribution in [3.63, 3.8) is 0 Å². The van der Waals surface area contributed by atoms with Crippen LogP contribution in [0.15, 0.2) is 35.4 Å². The molecular formula is C12H9F2N3O2. The van der Waals surface area contributed by atoms with Crippen LogP contribution in [0.4, 0.5) is 20.2 Å². The smallest absolute Gasteiger partial charge is 0.261 e. The van der Waals surface area contributed by atoms with Gasteiger partial charge in [-0.2, -0.15) is 0 Å². The van der Waals surface area contributed by atoms with Crippen molar-refractivity contribution in [1.82, 2.24) is 4.98 Å². The first-order valence-corrected chi connectivity index (χ1v) is 5.22. The number of carbonyl (C=O) groups excluding carboxylic acids is 1. The number of nitrogen functional groups attached to an aromatic ring is 1. The van der Waals surface area contributed by atoms with E-state index in [1.165, 1.54) is 6.20 Å². The maximum Gasteiger partial charge on any atom is 0.261 e. The topological polar surface area (TPSA) is 88.0 Å². The second kappa shape index (κ2) is 4.89. The maximum atomic E-state index is 13.5. The Hall–Kier alpha value is -2.70. The molecule has 0 spiro atoms. The van der Waals surface area contributed by atoms with Crippen molar-refractivity contribution in [2.75, 3.05) is 11.1 Å². The molecule has 0 radical (unpaired) electrons. The molecule has 0 bridgehead atoms. The molecular weight excluding hydrogens is 256 g/mol. The molecule has 98 valence electrons. The highest BCUT2D eigenvalue weighted by atomic mass is 19.2. The number of amides is 1. The summed E-state index contributed by atoms with van der Waals surface area (Å²) in [5.41, 5.74) is 4.04. The number of hydrogen-bond donors (Lipinski definition) is 3. The molecule has 5 nitrogen and oxygen atoms in total. The zero-order valence-electron chi connectivity index (χ0n) is 9.54. The van der Waals surface area contributed by atoms with E-state index in [0.717, 1.165) is 24.4 Å². The lowest BCUT2D eigenvalue weighted by Crippen LogP contribution is -2.22. The Morgan fingerprint density at radius 1 is 1.26 bits per heavy atom. The molecule has 1 amide bonds. The van der Waals surface area contributed by atoms with Crippen LogP contribution in [0.1, 0.15) is 10.4 Å². The third kappa shape index (κ3) is 2.44. The number of aromatic nitrogens is 1. The third-order valence-corrected chi connectivity index (χ3v) is 2.43. The fourth-order valence-electron chi connectivity index (χ4n) is 1.47. The van der Waals surface area contributed by atoms with Gasteiger partial charge in [0.2, 0.25) is 0 Å². The summed E-state index contributed by atoms with van der Waals surface area (Å²) in [6.07, 6.45) is 2.50. The Morgan fingerprint density at radius 2 is 2.00 bits per heavy atom. The molecule has 1 heterocycles. The van der Waals surface area contributed by atoms with Crippen molar-refractivity contribution < 1.29 is 13.6 Å². The summed E-state index contributed by atoms with van der Waals surface area (Å²) in [5, 5.41) is 2.08. The molecule has 1 aromatic carbocycles. The Labute approximate surface area is 106 Å². The van der Waals surface area contributed by atoms with Crippen LogP contribution in [0, 0.1) is 11.6 Å². The number of nitrogens with one attached hydrogen (secondary N) is 2. The third-order valence-electron chi connectivity index (χ3n) is 2.43. The van der Waals surface area contributed by atoms with Gasteiger partial charge in [0.1, 0.15) is 11.3 Å². The van der Waals surface area contributed by atoms with Crippen LogP contribution in [0.3, 0.4) is 0 Å². The van der Waals surface area contributed by atoms with Gasteiger partial charge in [0.25, 0.3) is 5.91 Å². The Balaban J connectivity index is 2.38. The molecule has 7 heteroatoms. The van der Waals surface area contributed by atoms with Gasteiger partial charge in [0.15, 0.2) is 17.1 Å². The number of anilines is 2. The maximum absolute atomic E-state index is 13.5. The predicted octanol–water partition coefficient (Wildman–Crippen LogP) is 1.49. The highest BCUT2D eigenvalue weighted by Crippen LogP contribution is 2.24. The molecule has 1 aromatic heterocycles. The zero-order chi connectivity index (χ0) is 14.0. The standard InChI is InChI=1S/C12H9F2N3O2/c13-7-1-2-8(15)11(10(7)14)17-12(19)6-5-16-4-3-9(6)18/h1-5H,15H2,(H,16,18)(H,17,19). The van der Waals surface area contributed by atoms with Crippen LogP contribution in [0.5, 0.6) is 0 Å². The average Bonchev–Trinajstić information content (AvgIpc) is 2.39. The Bertz CT molecular complexity index is 698. The van der Waals surface area contributed by atoms with Gasteiger partial charge in [-0.05, 0) is 12.1 Å². The van der Waals surface area contributed by atoms with Crippen molar-refractivity contribution in [2.45, 2.75) is 0 Å². The fourth-order valence-corrected chi connectivity index (χ4v) is 1.47. The molecule has 0 aliphatic heterocycles. The number of pyridine rings is 1. The summed E-state index contributed by atoms with van der Waals surface area (Å²) >= 11 is 0. The number of carbonyl (C=O) groups is 1. The average molecular weight is 265 g/mol. The molecule has 0 unspecified atom stereocenters. The van der Waals surface area contributed by atoms with E-state index in [0.29, 0.717) is 0 Å². The van der Waals surface area contributed by atoms with E-state index in [9.17, 15) is 18.4 Å². The van der Waals surface area contributed by atoms with E-state index in [4.69, 9.17) is 5.73 Å². The number of rotatable bonds is 2. The van der Waals surface area contributed by atoms with Gasteiger partial charge in [0, 0.05) is 18.5 Å². The van der Waals surface area contributed by atoms with Gasteiger partial charge in [-0.25, -0.2) is 8.78 Å². The minimum atomic E-state index is -1.28. The summed E-state index contributed by atoms with van der Waals surface area (Å²) in [4.78, 5) is 25.7. The largest absolute Gasteiger partial charge is 0.397 e. The van der Waals surface area contributed by atoms with Crippen molar-refractivity contribution >= 4 is 17.3 Å². The number of aromatic amines is 1. The highest BCUT2D eigenvalue weighted by molar-refractivity contribution is 6.05. The predicted molar refractivity (Wildman–Crippen MR) is 65.8 cm³/mol. The van der Waals surface area contributed by atoms with E-state index >= 15 is 0 Å². The van der Waals surface area contributed by atoms with Crippen LogP contribution in [-0.4, -0.2) is 10.9 Å². The molecule has 0 aliphatic rings. The minimum Gasteiger partial charge on any atom is -0.397 e. The molecule has 2 aromatic rings. The number of nitrogens with two attached hydrogens (primary N) is 1. The number of halogens is 2. The first-order valence-electron chi connectivity index (χ1n) is 5.22. The molecule has 0 saturated carbocycles. The van der Waals surface area contributed by atoms with Gasteiger partial charge in [-0.1, -0.05) is 0 Å². The fraction of sp³-hybridized carbons (Fsp3) is 0. The van der Waals surface area contributed by atoms with E-state index < -0.39 is 28.7 Å². The molecule has 0 atom stereocenters. The van der Waals surface area contributed by atoms with Gasteiger partial charge >= 0.3 is 0 Å². The zero-order valence-corrected chi connectivity index (χ0v) is 9.54. The minimum absolute atomic E-state index is 0.139. The second-order valence-corrected chi connectivity index (χ2v) is 3.70. The van der Waals surface area contributed by atoms with Gasteiger partial charge in [-0.15, -0.1) is 0 Å². The van der Waals surface area contributed by atoms with E-state index in [1.807, 2.05) is 0 Å². The summed E-state index contributed by atoms with van der Waals surface area (Å²) in [5.74, 6) is -3.30. The number of H-pyrrole nitrogens is 1. The lowest BCUT2D eigenvalue weighted by molar-refractivity contribution is 0.102. The van der Waals surface area contributed by atoms with E-state index in [2.05, 4.69) is 10.3 Å². The van der Waals surface area contributed by atoms with Crippen molar-refractivity contribution in [3.8, 4) is 0 Å². The van der Waals surface area contributed by atoms with Crippen LogP contribution >= 0.6 is 0 Å². The van der Waals surface area contributed by atoms with Crippen molar-refractivity contribution in [3.05, 3.63) is 58.0 Å². The van der Waals surface area contributed by atoms with Crippen LogP contribution in [0.2, 0.25) is 0 Å². The Morgan fingerprint density at radius 3 is 2.68 bits per heavy atom. The monoisotopic (exact) mass is 265 g/mol. The lowest BCUT2D eigenvalue weighted by atomic mass is 10.2. The molecule has 4 N–H and O–H groups in total. The van der Waals surface area contributed by atoms with Gasteiger partial charge in [0.05, 0.1) is 5.69 Å². The summed E-state index contributed by atoms with van der Waals surface area (Å²) in [6.45, 7) is 0. The number of hydrogen-bond acceptors (Lipinski definition) is 3. The van der Waals surface area contributed by atoms with Gasteiger partial charge in [-0.3, -0.25) is 9.59 Å². The molecule has 0 aliphatic carbocycles. The first-order chi connectivity index (χ1) is 9.00. The van der Waals surface area contributed by atoms with Crippen LogP contribution in [-0.2, 0) is 0 Å². The first kappa shape index (κ1) is 12.7. The van der Waals surface area contributed by atoms with Crippen molar-refractivity contribution in [1.29, 1.82) is 0 Å². The highest BCUT2D eigenvalue weighted by Gasteiger charge is 2.17. The van der Waals surface area contributed by atoms with E-state index in [1.54, 1.807) is 0 Å². The lowest BCUT2D eigenvalue weighted by Gasteiger charge is -2.09. The quantitative estimate of drug-likeness (QED) is 0.719. The molecule has 0 fully saturated rings. The molecule has 0 saturated heterocycles.